The van der Waals surface area contributed by atoms with E-state index in [1.54, 1.807) is 17.4 Å². The zero-order valence-electron chi connectivity index (χ0n) is 51.5. The summed E-state index contributed by atoms with van der Waals surface area (Å²) in [7, 11) is 0. The molecule has 2 saturated heterocycles. The number of pyridine rings is 1. The first-order chi connectivity index (χ1) is 43.2. The third kappa shape index (κ3) is 14.0. The number of benzene rings is 3. The van der Waals surface area contributed by atoms with Crippen LogP contribution in [0.25, 0.3) is 31.8 Å². The van der Waals surface area contributed by atoms with Crippen molar-refractivity contribution >= 4 is 67.5 Å². The molecule has 89 heavy (non-hydrogen) atoms. The number of carbonyl (C=O) groups excluding carboxylic acids is 4. The van der Waals surface area contributed by atoms with Gasteiger partial charge >= 0.3 is 0 Å². The van der Waals surface area contributed by atoms with Crippen LogP contribution in [-0.2, 0) is 29.1 Å². The monoisotopic (exact) mass is 1240 g/mol. The maximum Gasteiger partial charge on any atom is 0.270 e. The van der Waals surface area contributed by atoms with Crippen LogP contribution in [0, 0.1) is 25.7 Å². The molecule has 21 heteroatoms. The van der Waals surface area contributed by atoms with E-state index >= 15 is 0 Å². The molecule has 4 N–H and O–H groups in total. The van der Waals surface area contributed by atoms with Crippen molar-refractivity contribution in [1.29, 1.82) is 0 Å². The smallest absolute Gasteiger partial charge is 0.270 e. The number of nitrogens with zero attached hydrogens (tertiary/aromatic N) is 9. The van der Waals surface area contributed by atoms with E-state index in [1.165, 1.54) is 48.3 Å². The summed E-state index contributed by atoms with van der Waals surface area (Å²) in [6.45, 7) is 14.9. The Bertz CT molecular complexity index is 3770. The van der Waals surface area contributed by atoms with E-state index < -0.39 is 18.1 Å². The Balaban J connectivity index is 0.638. The zero-order chi connectivity index (χ0) is 61.7. The number of aromatic nitrogens is 6. The van der Waals surface area contributed by atoms with E-state index in [-0.39, 0.29) is 54.7 Å². The number of hydrogen-bond acceptors (Lipinski definition) is 16. The van der Waals surface area contributed by atoms with E-state index in [1.807, 2.05) is 112 Å². The zero-order valence-corrected chi connectivity index (χ0v) is 53.1. The lowest BCUT2D eigenvalue weighted by Gasteiger charge is -2.31. The van der Waals surface area contributed by atoms with Crippen molar-refractivity contribution in [2.24, 2.45) is 11.8 Å². The summed E-state index contributed by atoms with van der Waals surface area (Å²) in [6, 6.07) is 26.3. The number of nitrogens with one attached hydrogen (secondary N) is 3. The topological polar surface area (TPSA) is 226 Å². The summed E-state index contributed by atoms with van der Waals surface area (Å²) in [5.41, 5.74) is 11.3. The van der Waals surface area contributed by atoms with Crippen LogP contribution in [0.2, 0.25) is 0 Å². The number of likely N-dealkylation sites (tertiary alicyclic amines) is 2. The molecule has 12 rings (SSSR count). The highest BCUT2D eigenvalue weighted by atomic mass is 32.1. The predicted octanol–water partition coefficient (Wildman–Crippen LogP) is 11.3. The predicted molar refractivity (Wildman–Crippen MR) is 346 cm³/mol. The number of β-amino-alcohol motifs (C(OH)–C–C–N with tert-alkyl or cyclic N) is 1. The summed E-state index contributed by atoms with van der Waals surface area (Å²) in [5, 5.41) is 29.9. The summed E-state index contributed by atoms with van der Waals surface area (Å²) in [6.07, 6.45) is 11.2. The average molecular weight is 1240 g/mol. The highest BCUT2D eigenvalue weighted by Crippen LogP contribution is 2.37. The van der Waals surface area contributed by atoms with Crippen molar-refractivity contribution < 1.29 is 33.5 Å². The quantitative estimate of drug-likeness (QED) is 0.0491. The van der Waals surface area contributed by atoms with Gasteiger partial charge < -0.3 is 39.7 Å². The number of para-hydroxylation sites is 1. The minimum atomic E-state index is -0.847. The molecule has 1 unspecified atom stereocenters. The van der Waals surface area contributed by atoms with E-state index in [0.29, 0.717) is 59.4 Å². The van der Waals surface area contributed by atoms with Crippen LogP contribution in [0.5, 0.6) is 5.88 Å². The highest BCUT2D eigenvalue weighted by Gasteiger charge is 2.44. The third-order valence-corrected chi connectivity index (χ3v) is 20.3. The molecule has 4 atom stereocenters. The minimum absolute atomic E-state index is 0.0402. The molecule has 3 aromatic carbocycles. The molecule has 5 aromatic heterocycles. The van der Waals surface area contributed by atoms with Gasteiger partial charge in [-0.15, -0.1) is 11.3 Å². The molecule has 0 bridgehead atoms. The SMILES string of the molecule is Cc1ncsc1-c1ccc([C@H](C)NC(=O)[C@@H]2C[C@@H](O)CN2C(=O)C(c2cc(OC3CCN(CCCCNC(=O)c4nc(N5CCc6cccc(C(=O)Nc7nc8ccccc8s7)c6C5)ccc4-c4cnn(CC5CCCCC5)c4C)CC3)no2)C(C)C)cc1. The molecule has 8 heterocycles. The van der Waals surface area contributed by atoms with Crippen molar-refractivity contribution in [3.05, 3.63) is 142 Å². The number of rotatable bonds is 21. The van der Waals surface area contributed by atoms with Gasteiger partial charge in [0.15, 0.2) is 10.9 Å². The molecule has 1 saturated carbocycles. The average Bonchev–Trinajstić information content (AvgIpc) is 3.90. The minimum Gasteiger partial charge on any atom is -0.472 e. The Morgan fingerprint density at radius 3 is 2.45 bits per heavy atom. The molecular formula is C68H80N12O7S2. The largest absolute Gasteiger partial charge is 0.472 e. The van der Waals surface area contributed by atoms with Crippen molar-refractivity contribution in [1.82, 2.24) is 50.3 Å². The fourth-order valence-corrected chi connectivity index (χ4v) is 15.0. The number of fused-ring (bicyclic) bond motifs is 2. The Hall–Kier alpha value is -7.85. The summed E-state index contributed by atoms with van der Waals surface area (Å²) in [4.78, 5) is 78.0. The van der Waals surface area contributed by atoms with Crippen LogP contribution in [0.1, 0.15) is 152 Å². The van der Waals surface area contributed by atoms with Gasteiger partial charge in [-0.2, -0.15) is 5.10 Å². The molecule has 19 nitrogen and oxygen atoms in total. The van der Waals surface area contributed by atoms with Crippen molar-refractivity contribution in [3.8, 4) is 27.4 Å². The van der Waals surface area contributed by atoms with Crippen LogP contribution in [0.15, 0.2) is 101 Å². The number of aliphatic hydroxyl groups excluding tert-OH is 1. The van der Waals surface area contributed by atoms with Crippen LogP contribution in [0.3, 0.4) is 0 Å². The number of aliphatic hydroxyl groups is 1. The molecule has 0 radical (unpaired) electrons. The number of ether oxygens (including phenoxy) is 1. The molecule has 466 valence electrons. The van der Waals surface area contributed by atoms with Crippen molar-refractivity contribution in [2.75, 3.05) is 49.5 Å². The summed E-state index contributed by atoms with van der Waals surface area (Å²) >= 11 is 3.04. The highest BCUT2D eigenvalue weighted by molar-refractivity contribution is 7.22. The van der Waals surface area contributed by atoms with E-state index in [4.69, 9.17) is 19.3 Å². The Kier molecular flexibility index (Phi) is 19.0. The van der Waals surface area contributed by atoms with Gasteiger partial charge in [0.25, 0.3) is 17.7 Å². The first-order valence-electron chi connectivity index (χ1n) is 31.7. The molecule has 3 fully saturated rings. The number of thiazole rings is 2. The second kappa shape index (κ2) is 27.5. The number of unbranched alkanes of at least 4 members (excludes halogenated alkanes) is 1. The first-order valence-corrected chi connectivity index (χ1v) is 33.4. The maximum atomic E-state index is 14.5. The second-order valence-electron chi connectivity index (χ2n) is 24.9. The van der Waals surface area contributed by atoms with Crippen LogP contribution >= 0.6 is 22.7 Å². The molecule has 4 amide bonds. The Morgan fingerprint density at radius 2 is 1.67 bits per heavy atom. The van der Waals surface area contributed by atoms with Gasteiger partial charge in [0.1, 0.15) is 29.6 Å². The standard InChI is InChI=1S/C68H80N12O7S2/c1-41(2)61(67(85)79-38-49(81)34-56(79)65(83)72-42(3)46-20-22-48(23-21-46)63-43(4)70-40-88-63)57-35-60(76-87-57)86-50-27-31-77(32-28-50)30-12-11-29-69-66(84)62-51(53-36-71-80(44(53)5)37-45-14-7-6-8-15-45)24-25-59(74-62)78-33-26-47-16-13-17-52(54(47)39-78)64(82)75-68-73-55-18-9-10-19-58(55)89-68/h9-10,13,16-25,35-36,40-42,45,49-50,56,61,81H,6-8,11-12,14-15,26-34,37-39H2,1-5H3,(H,69,84)(H,72,83)(H,73,75,82)/t42-,49+,56-,61?/m0/s1. The Labute approximate surface area is 527 Å². The lowest BCUT2D eigenvalue weighted by atomic mass is 9.89. The van der Waals surface area contributed by atoms with Crippen LogP contribution < -0.4 is 25.6 Å². The number of carbonyl (C=O) groups is 4. The third-order valence-electron chi connectivity index (χ3n) is 18.4. The number of aryl methyl sites for hydroxylation is 1. The van der Waals surface area contributed by atoms with E-state index in [0.717, 1.165) is 118 Å². The summed E-state index contributed by atoms with van der Waals surface area (Å²) < 4.78 is 15.3. The lowest BCUT2D eigenvalue weighted by Crippen LogP contribution is -2.48. The van der Waals surface area contributed by atoms with Gasteiger partial charge in [-0.1, -0.05) is 93.0 Å². The molecule has 0 spiro atoms. The van der Waals surface area contributed by atoms with Crippen LogP contribution in [0.4, 0.5) is 10.9 Å². The van der Waals surface area contributed by atoms with Gasteiger partial charge in [0.05, 0.1) is 44.6 Å². The second-order valence-corrected chi connectivity index (χ2v) is 26.8. The number of piperidine rings is 1. The normalized spacial score (nSPS) is 18.3. The van der Waals surface area contributed by atoms with Crippen molar-refractivity contribution in [3.63, 3.8) is 0 Å². The number of anilines is 2. The van der Waals surface area contributed by atoms with Gasteiger partial charge in [0, 0.05) is 80.7 Å². The van der Waals surface area contributed by atoms with Crippen molar-refractivity contribution in [2.45, 2.75) is 149 Å². The summed E-state index contributed by atoms with van der Waals surface area (Å²) in [5.74, 6) is -0.0660. The van der Waals surface area contributed by atoms with E-state index in [9.17, 15) is 24.3 Å². The number of hydrogen-bond donors (Lipinski definition) is 4. The lowest BCUT2D eigenvalue weighted by molar-refractivity contribution is -0.141. The van der Waals surface area contributed by atoms with Gasteiger partial charge in [0.2, 0.25) is 11.8 Å². The van der Waals surface area contributed by atoms with Crippen LogP contribution in [-0.4, -0.2) is 126 Å². The fraction of sp³-hybridized carbons (Fsp3) is 0.456. The Morgan fingerprint density at radius 1 is 0.865 bits per heavy atom. The fourth-order valence-electron chi connectivity index (χ4n) is 13.4. The first kappa shape index (κ1) is 61.4. The molecule has 8 aromatic rings. The molecular weight excluding hydrogens is 1160 g/mol. The molecule has 3 aliphatic heterocycles. The molecule has 4 aliphatic rings. The molecule has 1 aliphatic carbocycles. The van der Waals surface area contributed by atoms with Gasteiger partial charge in [-0.05, 0) is 142 Å². The van der Waals surface area contributed by atoms with Gasteiger partial charge in [-0.25, -0.2) is 15.0 Å². The maximum absolute atomic E-state index is 14.5. The van der Waals surface area contributed by atoms with E-state index in [2.05, 4.69) is 58.5 Å². The number of amides is 4. The van der Waals surface area contributed by atoms with Gasteiger partial charge in [-0.3, -0.25) is 29.2 Å².